The van der Waals surface area contributed by atoms with E-state index >= 15 is 0 Å². The quantitative estimate of drug-likeness (QED) is 0.101. The number of aliphatic carboxylic acids is 3. The van der Waals surface area contributed by atoms with Gasteiger partial charge in [0.15, 0.2) is 6.61 Å². The molecule has 50 heavy (non-hydrogen) atoms. The van der Waals surface area contributed by atoms with Crippen LogP contribution in [-0.4, -0.2) is 100 Å². The van der Waals surface area contributed by atoms with Crippen molar-refractivity contribution < 1.29 is 52.4 Å². The van der Waals surface area contributed by atoms with Crippen LogP contribution in [0.15, 0.2) is 60.7 Å². The number of benzene rings is 3. The molecule has 12 nitrogen and oxygen atoms in total. The van der Waals surface area contributed by atoms with Crippen LogP contribution in [0.2, 0.25) is 10.0 Å². The molecular weight excluding hydrogens is 728 g/mol. The molecule has 0 unspecified atom stereocenters. The van der Waals surface area contributed by atoms with Crippen molar-refractivity contribution in [2.75, 3.05) is 43.1 Å². The molecule has 0 bridgehead atoms. The standard InChI is InChI=1S/C22H32N4O3S.C8H6Cl2O3.C2HF3O2/c1-2-30-13-12-26(21(27)19(24)8-5-11-23)20(22(28)29)15-25-18-10-9-16-6-3-4-7-17(16)14-18;9-5-1-2-7(6(10)3-5)13-4-8(11)12;3-2(4,5)1(6)7/h3-4,6-7,9-10,14,19-20,25H,2,5,8,11-13,15,23-24H2,1H3,(H,28,29);1-3H,4H2,(H,11,12);(H,6,7)/t19-,20-;;/m0../s1. The predicted octanol–water partition coefficient (Wildman–Crippen LogP) is 5.44. The van der Waals surface area contributed by atoms with E-state index in [4.69, 9.17) is 54.4 Å². The van der Waals surface area contributed by atoms with Crippen LogP contribution in [0.25, 0.3) is 10.8 Å². The fraction of sp³-hybridized carbons (Fsp3) is 0.375. The van der Waals surface area contributed by atoms with Gasteiger partial charge >= 0.3 is 24.1 Å². The second kappa shape index (κ2) is 22.7. The van der Waals surface area contributed by atoms with Crippen LogP contribution in [0.4, 0.5) is 18.9 Å². The maximum Gasteiger partial charge on any atom is 0.490 e. The number of amides is 1. The predicted molar refractivity (Wildman–Crippen MR) is 188 cm³/mol. The second-order valence-electron chi connectivity index (χ2n) is 10.1. The number of hydrogen-bond acceptors (Lipinski definition) is 9. The van der Waals surface area contributed by atoms with Crippen LogP contribution in [-0.2, 0) is 19.2 Å². The van der Waals surface area contributed by atoms with E-state index in [0.29, 0.717) is 47.5 Å². The largest absolute Gasteiger partial charge is 0.490 e. The number of alkyl halides is 3. The van der Waals surface area contributed by atoms with Crippen molar-refractivity contribution in [2.45, 2.75) is 38.0 Å². The van der Waals surface area contributed by atoms with Gasteiger partial charge in [-0.1, -0.05) is 60.5 Å². The molecule has 0 aromatic heterocycles. The molecule has 3 aromatic rings. The van der Waals surface area contributed by atoms with Crippen LogP contribution in [0.3, 0.4) is 0 Å². The Bertz CT molecular complexity index is 1550. The van der Waals surface area contributed by atoms with Gasteiger partial charge in [-0.05, 0) is 66.2 Å². The summed E-state index contributed by atoms with van der Waals surface area (Å²) >= 11 is 13.0. The van der Waals surface area contributed by atoms with E-state index < -0.39 is 42.8 Å². The van der Waals surface area contributed by atoms with Crippen LogP contribution >= 0.6 is 35.0 Å². The molecule has 8 N–H and O–H groups in total. The van der Waals surface area contributed by atoms with Gasteiger partial charge in [0, 0.05) is 29.6 Å². The van der Waals surface area contributed by atoms with Gasteiger partial charge in [0.05, 0.1) is 11.1 Å². The van der Waals surface area contributed by atoms with Gasteiger partial charge in [-0.15, -0.1) is 0 Å². The summed E-state index contributed by atoms with van der Waals surface area (Å²) in [7, 11) is 0. The SMILES string of the molecule is CCSCCN(C(=O)[C@@H](N)CCCN)[C@@H](CNc1ccc2ccccc2c1)C(=O)O.O=C(O)C(F)(F)F.O=C(O)COc1ccc(Cl)cc1Cl. The number of carbonyl (C=O) groups is 4. The summed E-state index contributed by atoms with van der Waals surface area (Å²) < 4.78 is 36.6. The third-order valence-electron chi connectivity index (χ3n) is 6.40. The van der Waals surface area contributed by atoms with Crippen molar-refractivity contribution in [2.24, 2.45) is 11.5 Å². The lowest BCUT2D eigenvalue weighted by Gasteiger charge is -2.31. The van der Waals surface area contributed by atoms with Crippen molar-refractivity contribution in [1.29, 1.82) is 0 Å². The zero-order valence-electron chi connectivity index (χ0n) is 26.9. The molecule has 0 saturated heterocycles. The summed E-state index contributed by atoms with van der Waals surface area (Å²) in [6.45, 7) is 2.49. The van der Waals surface area contributed by atoms with E-state index in [1.54, 1.807) is 17.8 Å². The number of nitrogens with two attached hydrogens (primary N) is 2. The lowest BCUT2D eigenvalue weighted by atomic mass is 10.1. The first kappa shape index (κ1) is 44.1. The topological polar surface area (TPSA) is 206 Å². The van der Waals surface area contributed by atoms with Crippen molar-refractivity contribution in [3.63, 3.8) is 0 Å². The highest BCUT2D eigenvalue weighted by atomic mass is 35.5. The van der Waals surface area contributed by atoms with Crippen LogP contribution < -0.4 is 21.5 Å². The first-order valence-electron chi connectivity index (χ1n) is 14.9. The van der Waals surface area contributed by atoms with Crippen LogP contribution in [0.1, 0.15) is 19.8 Å². The Hall–Kier alpha value is -3.96. The summed E-state index contributed by atoms with van der Waals surface area (Å²) in [5, 5.41) is 31.4. The molecule has 0 aliphatic carbocycles. The Morgan fingerprint density at radius 2 is 1.64 bits per heavy atom. The number of ether oxygens (including phenoxy) is 1. The third-order valence-corrected chi connectivity index (χ3v) is 7.81. The van der Waals surface area contributed by atoms with Crippen molar-refractivity contribution in [3.8, 4) is 5.75 Å². The molecule has 1 amide bonds. The smallest absolute Gasteiger partial charge is 0.480 e. The Kier molecular flexibility index (Phi) is 20.0. The molecule has 0 aliphatic heterocycles. The van der Waals surface area contributed by atoms with E-state index in [2.05, 4.69) is 5.32 Å². The highest BCUT2D eigenvalue weighted by Gasteiger charge is 2.38. The number of carbonyl (C=O) groups excluding carboxylic acids is 1. The molecular formula is C32H39Cl2F3N4O8S. The van der Waals surface area contributed by atoms with Gasteiger partial charge in [0.1, 0.15) is 11.8 Å². The molecule has 0 heterocycles. The number of thioether (sulfide) groups is 1. The normalized spacial score (nSPS) is 11.9. The number of carboxylic acid groups (broad SMARTS) is 3. The number of halogens is 5. The first-order chi connectivity index (χ1) is 23.5. The molecule has 0 spiro atoms. The number of nitrogens with zero attached hydrogens (tertiary/aromatic N) is 1. The van der Waals surface area contributed by atoms with Gasteiger partial charge < -0.3 is 41.7 Å². The van der Waals surface area contributed by atoms with E-state index in [0.717, 1.165) is 22.2 Å². The van der Waals surface area contributed by atoms with Crippen LogP contribution in [0.5, 0.6) is 5.75 Å². The fourth-order valence-electron chi connectivity index (χ4n) is 3.98. The van der Waals surface area contributed by atoms with Gasteiger partial charge in [-0.25, -0.2) is 14.4 Å². The molecule has 0 aliphatic rings. The number of anilines is 1. The monoisotopic (exact) mass is 766 g/mol. The average Bonchev–Trinajstić information content (AvgIpc) is 3.05. The van der Waals surface area contributed by atoms with Gasteiger partial charge in [0.25, 0.3) is 0 Å². The molecule has 3 aromatic carbocycles. The minimum Gasteiger partial charge on any atom is -0.480 e. The average molecular weight is 768 g/mol. The number of nitrogens with one attached hydrogen (secondary N) is 1. The van der Waals surface area contributed by atoms with Gasteiger partial charge in [-0.3, -0.25) is 4.79 Å². The number of rotatable bonds is 16. The highest BCUT2D eigenvalue weighted by molar-refractivity contribution is 7.99. The minimum atomic E-state index is -5.08. The molecule has 3 rings (SSSR count). The fourth-order valence-corrected chi connectivity index (χ4v) is 5.05. The molecule has 2 atom stereocenters. The maximum atomic E-state index is 12.9. The molecule has 18 heteroatoms. The zero-order chi connectivity index (χ0) is 37.9. The summed E-state index contributed by atoms with van der Waals surface area (Å²) in [5.74, 6) is -3.33. The molecule has 0 radical (unpaired) electrons. The van der Waals surface area contributed by atoms with Crippen molar-refractivity contribution >= 4 is 75.2 Å². The minimum absolute atomic E-state index is 0.0970. The van der Waals surface area contributed by atoms with Gasteiger partial charge in [-0.2, -0.15) is 24.9 Å². The Labute approximate surface area is 300 Å². The molecule has 0 saturated carbocycles. The highest BCUT2D eigenvalue weighted by Crippen LogP contribution is 2.27. The second-order valence-corrected chi connectivity index (χ2v) is 12.4. The van der Waals surface area contributed by atoms with E-state index in [1.807, 2.05) is 49.4 Å². The lowest BCUT2D eigenvalue weighted by Crippen LogP contribution is -2.54. The molecule has 276 valence electrons. The first-order valence-corrected chi connectivity index (χ1v) is 16.8. The van der Waals surface area contributed by atoms with E-state index in [-0.39, 0.29) is 12.5 Å². The van der Waals surface area contributed by atoms with Crippen molar-refractivity contribution in [3.05, 3.63) is 70.7 Å². The molecule has 0 fully saturated rings. The van der Waals surface area contributed by atoms with Crippen LogP contribution in [0, 0.1) is 0 Å². The number of fused-ring (bicyclic) bond motifs is 1. The lowest BCUT2D eigenvalue weighted by molar-refractivity contribution is -0.192. The zero-order valence-corrected chi connectivity index (χ0v) is 29.2. The Morgan fingerprint density at radius 3 is 2.18 bits per heavy atom. The summed E-state index contributed by atoms with van der Waals surface area (Å²) in [6, 6.07) is 16.6. The maximum absolute atomic E-state index is 12.9. The van der Waals surface area contributed by atoms with E-state index in [9.17, 15) is 32.7 Å². The van der Waals surface area contributed by atoms with E-state index in [1.165, 1.54) is 17.0 Å². The summed E-state index contributed by atoms with van der Waals surface area (Å²) in [5.41, 5.74) is 12.4. The van der Waals surface area contributed by atoms with Gasteiger partial charge in [0.2, 0.25) is 5.91 Å². The number of hydrogen-bond donors (Lipinski definition) is 6. The number of carboxylic acids is 3. The Morgan fingerprint density at radius 1 is 1.00 bits per heavy atom. The summed E-state index contributed by atoms with van der Waals surface area (Å²) in [4.78, 5) is 45.4. The third kappa shape index (κ3) is 16.6. The van der Waals surface area contributed by atoms with Crippen molar-refractivity contribution in [1.82, 2.24) is 4.90 Å². The summed E-state index contributed by atoms with van der Waals surface area (Å²) in [6.07, 6.45) is -4.02. The Balaban J connectivity index is 0.000000510.